The summed E-state index contributed by atoms with van der Waals surface area (Å²) in [6.45, 7) is 9.36. The molecule has 1 fully saturated rings. The Morgan fingerprint density at radius 3 is 2.30 bits per heavy atom. The Labute approximate surface area is 61.8 Å². The van der Waals surface area contributed by atoms with Crippen LogP contribution < -0.4 is 0 Å². The van der Waals surface area contributed by atoms with Crippen molar-refractivity contribution in [2.45, 2.75) is 20.1 Å². The summed E-state index contributed by atoms with van der Waals surface area (Å²) in [5.74, 6) is 0.524. The minimum Gasteiger partial charge on any atom is -0.348 e. The molecule has 1 rings (SSSR count). The summed E-state index contributed by atoms with van der Waals surface area (Å²) in [6.07, 6.45) is -0.156. The number of rotatable bonds is 1. The molecule has 10 heavy (non-hydrogen) atoms. The summed E-state index contributed by atoms with van der Waals surface area (Å²) < 4.78 is 10.7. The molecule has 0 radical (unpaired) electrons. The lowest BCUT2D eigenvalue weighted by atomic mass is 10.2. The van der Waals surface area contributed by atoms with Gasteiger partial charge in [-0.1, -0.05) is 13.5 Å². The van der Waals surface area contributed by atoms with Gasteiger partial charge in [-0.3, -0.25) is 0 Å². The predicted molar refractivity (Wildman–Crippen MR) is 39.7 cm³/mol. The van der Waals surface area contributed by atoms with Crippen LogP contribution in [0.25, 0.3) is 0 Å². The molecule has 0 aromatic rings. The molecule has 0 N–H and O–H groups in total. The third-order valence-corrected chi connectivity index (χ3v) is 1.47. The molecule has 1 saturated heterocycles. The predicted octanol–water partition coefficient (Wildman–Crippen LogP) is 1.57. The summed E-state index contributed by atoms with van der Waals surface area (Å²) in [7, 11) is 0. The van der Waals surface area contributed by atoms with E-state index in [-0.39, 0.29) is 6.29 Å². The van der Waals surface area contributed by atoms with Gasteiger partial charge in [-0.15, -0.1) is 0 Å². The van der Waals surface area contributed by atoms with Gasteiger partial charge in [-0.25, -0.2) is 0 Å². The molecular weight excluding hydrogens is 128 g/mol. The largest absolute Gasteiger partial charge is 0.348 e. The van der Waals surface area contributed by atoms with Crippen LogP contribution in [0.5, 0.6) is 0 Å². The Morgan fingerprint density at radius 1 is 1.40 bits per heavy atom. The van der Waals surface area contributed by atoms with Crippen LogP contribution in [-0.4, -0.2) is 19.5 Å². The first-order chi connectivity index (χ1) is 4.70. The van der Waals surface area contributed by atoms with Gasteiger partial charge < -0.3 is 9.47 Å². The van der Waals surface area contributed by atoms with Crippen molar-refractivity contribution in [3.8, 4) is 0 Å². The number of hydrogen-bond acceptors (Lipinski definition) is 2. The van der Waals surface area contributed by atoms with E-state index in [2.05, 4.69) is 13.5 Å². The van der Waals surface area contributed by atoms with Crippen molar-refractivity contribution in [1.29, 1.82) is 0 Å². The molecule has 2 heteroatoms. The molecule has 58 valence electrons. The van der Waals surface area contributed by atoms with E-state index in [1.165, 1.54) is 0 Å². The van der Waals surface area contributed by atoms with Crippen molar-refractivity contribution in [2.24, 2.45) is 5.92 Å². The first kappa shape index (κ1) is 7.76. The third kappa shape index (κ3) is 1.82. The molecule has 0 spiro atoms. The first-order valence-electron chi connectivity index (χ1n) is 3.58. The standard InChI is InChI=1S/C8H14O2/c1-6(2)8-9-4-7(3)5-10-8/h7-8H,1,4-5H2,2-3H3. The Hall–Kier alpha value is -0.340. The average molecular weight is 142 g/mol. The van der Waals surface area contributed by atoms with Crippen molar-refractivity contribution in [3.63, 3.8) is 0 Å². The molecule has 0 saturated carbocycles. The second-order valence-corrected chi connectivity index (χ2v) is 2.95. The maximum Gasteiger partial charge on any atom is 0.179 e. The average Bonchev–Trinajstić information content (AvgIpc) is 1.88. The van der Waals surface area contributed by atoms with Gasteiger partial charge in [0.15, 0.2) is 6.29 Å². The molecular formula is C8H14O2. The Bertz CT molecular complexity index is 123. The number of ether oxygens (including phenoxy) is 2. The summed E-state index contributed by atoms with van der Waals surface area (Å²) in [4.78, 5) is 0. The summed E-state index contributed by atoms with van der Waals surface area (Å²) >= 11 is 0. The van der Waals surface area contributed by atoms with Crippen molar-refractivity contribution < 1.29 is 9.47 Å². The maximum atomic E-state index is 5.33. The molecule has 0 bridgehead atoms. The van der Waals surface area contributed by atoms with E-state index >= 15 is 0 Å². The summed E-state index contributed by atoms with van der Waals surface area (Å²) in [6, 6.07) is 0. The van der Waals surface area contributed by atoms with Gasteiger partial charge in [0.25, 0.3) is 0 Å². The summed E-state index contributed by atoms with van der Waals surface area (Å²) in [5, 5.41) is 0. The molecule has 1 heterocycles. The fourth-order valence-electron chi connectivity index (χ4n) is 0.884. The Morgan fingerprint density at radius 2 is 1.90 bits per heavy atom. The smallest absolute Gasteiger partial charge is 0.179 e. The highest BCUT2D eigenvalue weighted by atomic mass is 16.7. The second kappa shape index (κ2) is 3.17. The van der Waals surface area contributed by atoms with Gasteiger partial charge in [0.1, 0.15) is 0 Å². The molecule has 0 aromatic carbocycles. The lowest BCUT2D eigenvalue weighted by Gasteiger charge is -2.27. The zero-order valence-electron chi connectivity index (χ0n) is 6.59. The lowest BCUT2D eigenvalue weighted by molar-refractivity contribution is -0.176. The Kier molecular flexibility index (Phi) is 2.46. The SMILES string of the molecule is C=C(C)C1OCC(C)CO1. The van der Waals surface area contributed by atoms with Crippen molar-refractivity contribution in [2.75, 3.05) is 13.2 Å². The molecule has 0 atom stereocenters. The van der Waals surface area contributed by atoms with E-state index in [0.29, 0.717) is 5.92 Å². The fraction of sp³-hybridized carbons (Fsp3) is 0.750. The van der Waals surface area contributed by atoms with E-state index in [9.17, 15) is 0 Å². The van der Waals surface area contributed by atoms with Gasteiger partial charge in [0.05, 0.1) is 13.2 Å². The Balaban J connectivity index is 2.33. The van der Waals surface area contributed by atoms with Gasteiger partial charge in [0.2, 0.25) is 0 Å². The van der Waals surface area contributed by atoms with Crippen LogP contribution in [0.2, 0.25) is 0 Å². The monoisotopic (exact) mass is 142 g/mol. The van der Waals surface area contributed by atoms with Crippen LogP contribution in [-0.2, 0) is 9.47 Å². The van der Waals surface area contributed by atoms with Crippen LogP contribution in [0.15, 0.2) is 12.2 Å². The highest BCUT2D eigenvalue weighted by Gasteiger charge is 2.18. The first-order valence-corrected chi connectivity index (χ1v) is 3.58. The highest BCUT2D eigenvalue weighted by Crippen LogP contribution is 2.14. The zero-order chi connectivity index (χ0) is 7.56. The van der Waals surface area contributed by atoms with Gasteiger partial charge in [0, 0.05) is 5.92 Å². The zero-order valence-corrected chi connectivity index (χ0v) is 6.59. The van der Waals surface area contributed by atoms with E-state index in [0.717, 1.165) is 18.8 Å². The van der Waals surface area contributed by atoms with Crippen molar-refractivity contribution in [3.05, 3.63) is 12.2 Å². The molecule has 0 amide bonds. The second-order valence-electron chi connectivity index (χ2n) is 2.95. The van der Waals surface area contributed by atoms with Gasteiger partial charge >= 0.3 is 0 Å². The molecule has 0 aromatic heterocycles. The van der Waals surface area contributed by atoms with Crippen LogP contribution in [0.4, 0.5) is 0 Å². The maximum absolute atomic E-state index is 5.33. The van der Waals surface area contributed by atoms with Crippen LogP contribution in [0.3, 0.4) is 0 Å². The fourth-order valence-corrected chi connectivity index (χ4v) is 0.884. The minimum absolute atomic E-state index is 0.156. The van der Waals surface area contributed by atoms with Crippen LogP contribution in [0, 0.1) is 5.92 Å². The third-order valence-electron chi connectivity index (χ3n) is 1.47. The van der Waals surface area contributed by atoms with Gasteiger partial charge in [-0.2, -0.15) is 0 Å². The van der Waals surface area contributed by atoms with E-state index in [4.69, 9.17) is 9.47 Å². The molecule has 1 aliphatic rings. The number of hydrogen-bond donors (Lipinski definition) is 0. The van der Waals surface area contributed by atoms with Crippen LogP contribution >= 0.6 is 0 Å². The molecule has 0 unspecified atom stereocenters. The molecule has 0 aliphatic carbocycles. The highest BCUT2D eigenvalue weighted by molar-refractivity contribution is 4.93. The lowest BCUT2D eigenvalue weighted by Crippen LogP contribution is -2.30. The van der Waals surface area contributed by atoms with E-state index in [1.807, 2.05) is 6.92 Å². The molecule has 1 aliphatic heterocycles. The topological polar surface area (TPSA) is 18.5 Å². The quantitative estimate of drug-likeness (QED) is 0.517. The van der Waals surface area contributed by atoms with Crippen molar-refractivity contribution >= 4 is 0 Å². The van der Waals surface area contributed by atoms with Gasteiger partial charge in [-0.05, 0) is 12.5 Å². The van der Waals surface area contributed by atoms with E-state index in [1.54, 1.807) is 0 Å². The molecule has 2 nitrogen and oxygen atoms in total. The summed E-state index contributed by atoms with van der Waals surface area (Å²) in [5.41, 5.74) is 0.951. The van der Waals surface area contributed by atoms with Crippen molar-refractivity contribution in [1.82, 2.24) is 0 Å². The minimum atomic E-state index is -0.156. The van der Waals surface area contributed by atoms with E-state index < -0.39 is 0 Å². The van der Waals surface area contributed by atoms with Crippen LogP contribution in [0.1, 0.15) is 13.8 Å². The normalized spacial score (nSPS) is 33.8.